The fraction of sp³-hybridized carbons (Fsp3) is 0.143. The average molecular weight is 370 g/mol. The van der Waals surface area contributed by atoms with Gasteiger partial charge in [0.1, 0.15) is 17.7 Å². The molecule has 1 aliphatic rings. The molecule has 6 heteroatoms. The van der Waals surface area contributed by atoms with Gasteiger partial charge in [-0.1, -0.05) is 60.7 Å². The summed E-state index contributed by atoms with van der Waals surface area (Å²) in [6, 6.07) is 23.0. The summed E-state index contributed by atoms with van der Waals surface area (Å²) in [5.41, 5.74) is 1.38. The van der Waals surface area contributed by atoms with Crippen molar-refractivity contribution in [2.45, 2.75) is 12.5 Å². The van der Waals surface area contributed by atoms with Crippen LogP contribution in [0.5, 0.6) is 0 Å². The predicted molar refractivity (Wildman–Crippen MR) is 110 cm³/mol. The van der Waals surface area contributed by atoms with Crippen LogP contribution < -0.4 is 14.9 Å². The molecule has 0 radical (unpaired) electrons. The number of fused-ring (bicyclic) bond motifs is 1. The smallest absolute Gasteiger partial charge is 0.221 e. The topological polar surface area (TPSA) is 54.8 Å². The minimum Gasteiger partial charge on any atom is -0.373 e. The third-order valence-electron chi connectivity index (χ3n) is 5.37. The SMILES string of the molecule is c1ccc([Si]2(c3ccccc3)CCCN2c2cnc3ncncc3n2)cc1. The van der Waals surface area contributed by atoms with Crippen LogP contribution in [-0.2, 0) is 0 Å². The standard InChI is InChI=1S/C21H19N5Si/c1-3-8-17(9-4-1)27(18-10-5-2-6-11-18)13-7-12-26(27)20-15-23-21-19(25-20)14-22-16-24-21/h1-6,8-11,14-16H,7,12-13H2. The molecule has 0 atom stereocenters. The van der Waals surface area contributed by atoms with E-state index in [-0.39, 0.29) is 0 Å². The first kappa shape index (κ1) is 16.1. The molecule has 0 spiro atoms. The monoisotopic (exact) mass is 369 g/mol. The van der Waals surface area contributed by atoms with Crippen LogP contribution in [0.4, 0.5) is 5.82 Å². The van der Waals surface area contributed by atoms with Crippen molar-refractivity contribution in [3.63, 3.8) is 0 Å². The lowest BCUT2D eigenvalue weighted by molar-refractivity contribution is 0.963. The number of hydrogen-bond acceptors (Lipinski definition) is 5. The number of hydrogen-bond donors (Lipinski definition) is 0. The number of anilines is 1. The van der Waals surface area contributed by atoms with Gasteiger partial charge in [-0.3, -0.25) is 0 Å². The molecule has 2 aromatic heterocycles. The van der Waals surface area contributed by atoms with Crippen LogP contribution >= 0.6 is 0 Å². The van der Waals surface area contributed by atoms with Gasteiger partial charge < -0.3 is 4.57 Å². The molecule has 1 aliphatic heterocycles. The van der Waals surface area contributed by atoms with Crippen molar-refractivity contribution >= 4 is 35.6 Å². The molecule has 1 saturated heterocycles. The third kappa shape index (κ3) is 2.60. The molecule has 3 heterocycles. The Morgan fingerprint density at radius 2 is 1.52 bits per heavy atom. The summed E-state index contributed by atoms with van der Waals surface area (Å²) in [6.45, 7) is 0.990. The Hall–Kier alpha value is -3.12. The third-order valence-corrected chi connectivity index (χ3v) is 10.4. The maximum absolute atomic E-state index is 4.88. The van der Waals surface area contributed by atoms with Crippen LogP contribution in [0.3, 0.4) is 0 Å². The van der Waals surface area contributed by atoms with E-state index in [1.54, 1.807) is 6.20 Å². The van der Waals surface area contributed by atoms with Crippen molar-refractivity contribution in [3.05, 3.63) is 79.4 Å². The normalized spacial score (nSPS) is 15.9. The summed E-state index contributed by atoms with van der Waals surface area (Å²) in [5.74, 6) is 0.925. The summed E-state index contributed by atoms with van der Waals surface area (Å²) >= 11 is 0. The molecular formula is C21H19N5Si. The second-order valence-corrected chi connectivity index (χ2v) is 10.7. The van der Waals surface area contributed by atoms with E-state index < -0.39 is 8.24 Å². The van der Waals surface area contributed by atoms with Gasteiger partial charge in [0.2, 0.25) is 8.24 Å². The van der Waals surface area contributed by atoms with Crippen LogP contribution in [0.15, 0.2) is 79.4 Å². The van der Waals surface area contributed by atoms with E-state index in [0.717, 1.165) is 24.3 Å². The molecule has 0 aliphatic carbocycles. The Balaban J connectivity index is 1.72. The van der Waals surface area contributed by atoms with Gasteiger partial charge in [0.05, 0.1) is 12.4 Å². The van der Waals surface area contributed by atoms with Crippen molar-refractivity contribution in [2.24, 2.45) is 0 Å². The second-order valence-electron chi connectivity index (χ2n) is 6.81. The quantitative estimate of drug-likeness (QED) is 0.519. The second kappa shape index (κ2) is 6.55. The number of rotatable bonds is 3. The highest BCUT2D eigenvalue weighted by Crippen LogP contribution is 2.30. The van der Waals surface area contributed by atoms with E-state index in [4.69, 9.17) is 4.98 Å². The first-order chi connectivity index (χ1) is 13.4. The van der Waals surface area contributed by atoms with Gasteiger partial charge in [0, 0.05) is 6.54 Å². The molecule has 0 amide bonds. The van der Waals surface area contributed by atoms with Gasteiger partial charge >= 0.3 is 0 Å². The van der Waals surface area contributed by atoms with Crippen LogP contribution in [0, 0.1) is 0 Å². The molecule has 0 N–H and O–H groups in total. The predicted octanol–water partition coefficient (Wildman–Crippen LogP) is 2.39. The van der Waals surface area contributed by atoms with Crippen molar-refractivity contribution < 1.29 is 0 Å². The highest BCUT2D eigenvalue weighted by atomic mass is 28.3. The van der Waals surface area contributed by atoms with Crippen molar-refractivity contribution in [3.8, 4) is 0 Å². The molecule has 1 fully saturated rings. The summed E-state index contributed by atoms with van der Waals surface area (Å²) in [6.07, 6.45) is 6.28. The zero-order chi connectivity index (χ0) is 18.1. The highest BCUT2D eigenvalue weighted by molar-refractivity contribution is 7.05. The number of benzene rings is 2. The van der Waals surface area contributed by atoms with Gasteiger partial charge in [-0.25, -0.2) is 19.9 Å². The lowest BCUT2D eigenvalue weighted by atomic mass is 10.4. The van der Waals surface area contributed by atoms with Gasteiger partial charge in [0.25, 0.3) is 0 Å². The number of aromatic nitrogens is 4. The molecule has 5 nitrogen and oxygen atoms in total. The minimum atomic E-state index is -2.15. The van der Waals surface area contributed by atoms with Gasteiger partial charge in [0.15, 0.2) is 5.65 Å². The maximum Gasteiger partial charge on any atom is 0.221 e. The zero-order valence-electron chi connectivity index (χ0n) is 14.9. The summed E-state index contributed by atoms with van der Waals surface area (Å²) in [7, 11) is -2.15. The molecule has 0 unspecified atom stereocenters. The lowest BCUT2D eigenvalue weighted by Crippen LogP contribution is -2.67. The van der Waals surface area contributed by atoms with Gasteiger partial charge in [-0.15, -0.1) is 0 Å². The molecule has 4 aromatic rings. The van der Waals surface area contributed by atoms with Crippen molar-refractivity contribution in [1.29, 1.82) is 0 Å². The molecule has 5 rings (SSSR count). The summed E-state index contributed by atoms with van der Waals surface area (Å²) in [5, 5.41) is 2.83. The van der Waals surface area contributed by atoms with Crippen molar-refractivity contribution in [2.75, 3.05) is 11.1 Å². The van der Waals surface area contributed by atoms with E-state index in [1.165, 1.54) is 22.7 Å². The van der Waals surface area contributed by atoms with E-state index in [1.807, 2.05) is 6.20 Å². The lowest BCUT2D eigenvalue weighted by Gasteiger charge is -2.38. The minimum absolute atomic E-state index is 0.639. The van der Waals surface area contributed by atoms with Gasteiger partial charge in [-0.05, 0) is 22.8 Å². The van der Waals surface area contributed by atoms with Crippen molar-refractivity contribution in [1.82, 2.24) is 19.9 Å². The Labute approximate surface area is 158 Å². The first-order valence-corrected chi connectivity index (χ1v) is 11.3. The average Bonchev–Trinajstić information content (AvgIpc) is 3.21. The molecule has 2 aromatic carbocycles. The highest BCUT2D eigenvalue weighted by Gasteiger charge is 2.47. The van der Waals surface area contributed by atoms with Crippen LogP contribution in [0.2, 0.25) is 6.04 Å². The van der Waals surface area contributed by atoms with E-state index in [9.17, 15) is 0 Å². The largest absolute Gasteiger partial charge is 0.373 e. The van der Waals surface area contributed by atoms with Crippen LogP contribution in [-0.4, -0.2) is 34.7 Å². The van der Waals surface area contributed by atoms with Crippen LogP contribution in [0.25, 0.3) is 11.2 Å². The van der Waals surface area contributed by atoms with E-state index in [2.05, 4.69) is 80.2 Å². The Morgan fingerprint density at radius 1 is 0.815 bits per heavy atom. The molecule has 0 bridgehead atoms. The Kier molecular flexibility index (Phi) is 3.90. The summed E-state index contributed by atoms with van der Waals surface area (Å²) in [4.78, 5) is 17.7. The van der Waals surface area contributed by atoms with E-state index >= 15 is 0 Å². The fourth-order valence-corrected chi connectivity index (χ4v) is 9.22. The number of nitrogens with zero attached hydrogens (tertiary/aromatic N) is 5. The molecule has 27 heavy (non-hydrogen) atoms. The molecule has 132 valence electrons. The summed E-state index contributed by atoms with van der Waals surface area (Å²) < 4.78 is 2.52. The molecule has 0 saturated carbocycles. The first-order valence-electron chi connectivity index (χ1n) is 9.19. The maximum atomic E-state index is 4.88. The zero-order valence-corrected chi connectivity index (χ0v) is 15.9. The van der Waals surface area contributed by atoms with Gasteiger partial charge in [-0.2, -0.15) is 0 Å². The Morgan fingerprint density at radius 3 is 2.22 bits per heavy atom. The fourth-order valence-electron chi connectivity index (χ4n) is 4.22. The Bertz CT molecular complexity index is 1030. The van der Waals surface area contributed by atoms with Crippen LogP contribution in [0.1, 0.15) is 6.42 Å². The molecular weight excluding hydrogens is 350 g/mol. The van der Waals surface area contributed by atoms with E-state index in [0.29, 0.717) is 5.65 Å².